The van der Waals surface area contributed by atoms with E-state index >= 15 is 0 Å². The van der Waals surface area contributed by atoms with Crippen LogP contribution in [0.3, 0.4) is 0 Å². The van der Waals surface area contributed by atoms with Crippen molar-refractivity contribution < 1.29 is 36.2 Å². The number of ether oxygens (including phenoxy) is 1. The Kier molecular flexibility index (Phi) is 5.09. The third kappa shape index (κ3) is 4.38. The molecule has 1 aliphatic heterocycles. The topological polar surface area (TPSA) is 83.9 Å². The molecule has 0 bridgehead atoms. The maximum Gasteiger partial charge on any atom is 0.573 e. The Morgan fingerprint density at radius 3 is 2.58 bits per heavy atom. The fraction of sp³-hybridized carbons (Fsp3) is 0.500. The summed E-state index contributed by atoms with van der Waals surface area (Å²) >= 11 is 0. The number of alkyl halides is 3. The van der Waals surface area contributed by atoms with Crippen molar-refractivity contribution in [3.05, 3.63) is 24.3 Å². The van der Waals surface area contributed by atoms with Crippen LogP contribution in [0.25, 0.3) is 0 Å². The second-order valence-electron chi connectivity index (χ2n) is 5.72. The van der Waals surface area contributed by atoms with Crippen LogP contribution >= 0.6 is 0 Å². The van der Waals surface area contributed by atoms with Gasteiger partial charge in [-0.3, -0.25) is 4.79 Å². The van der Waals surface area contributed by atoms with Gasteiger partial charge in [-0.1, -0.05) is 13.0 Å². The minimum atomic E-state index is -4.93. The zero-order valence-corrected chi connectivity index (χ0v) is 13.5. The molecule has 0 aromatic heterocycles. The van der Waals surface area contributed by atoms with Crippen LogP contribution in [0.1, 0.15) is 13.3 Å². The normalized spacial score (nSPS) is 23.0. The summed E-state index contributed by atoms with van der Waals surface area (Å²) in [6.45, 7) is 1.61. The number of hydrogen-bond acceptors (Lipinski definition) is 4. The fourth-order valence-electron chi connectivity index (χ4n) is 2.66. The maximum absolute atomic E-state index is 12.6. The van der Waals surface area contributed by atoms with Crippen LogP contribution in [0, 0.1) is 11.8 Å². The molecule has 24 heavy (non-hydrogen) atoms. The minimum Gasteiger partial charge on any atom is -0.481 e. The first kappa shape index (κ1) is 18.5. The Morgan fingerprint density at radius 2 is 2.00 bits per heavy atom. The summed E-state index contributed by atoms with van der Waals surface area (Å²) in [6.07, 6.45) is -4.59. The van der Waals surface area contributed by atoms with Gasteiger partial charge >= 0.3 is 12.3 Å². The Labute approximate surface area is 136 Å². The number of hydrogen-bond donors (Lipinski definition) is 1. The number of carboxylic acids is 1. The molecule has 134 valence electrons. The van der Waals surface area contributed by atoms with Crippen LogP contribution in [0.5, 0.6) is 5.75 Å². The molecule has 1 N–H and O–H groups in total. The van der Waals surface area contributed by atoms with Crippen molar-refractivity contribution >= 4 is 16.0 Å². The molecule has 1 saturated heterocycles. The highest BCUT2D eigenvalue weighted by Gasteiger charge is 2.37. The van der Waals surface area contributed by atoms with Crippen molar-refractivity contribution in [2.75, 3.05) is 13.1 Å². The van der Waals surface area contributed by atoms with Gasteiger partial charge in [-0.05, 0) is 24.5 Å². The summed E-state index contributed by atoms with van der Waals surface area (Å²) < 4.78 is 66.8. The van der Waals surface area contributed by atoms with Gasteiger partial charge in [0, 0.05) is 19.2 Å². The number of halogens is 3. The van der Waals surface area contributed by atoms with E-state index < -0.39 is 34.0 Å². The molecule has 1 heterocycles. The lowest BCUT2D eigenvalue weighted by molar-refractivity contribution is -0.274. The summed E-state index contributed by atoms with van der Waals surface area (Å²) in [5, 5.41) is 9.12. The van der Waals surface area contributed by atoms with E-state index in [0.717, 1.165) is 28.6 Å². The van der Waals surface area contributed by atoms with E-state index in [2.05, 4.69) is 4.74 Å². The van der Waals surface area contributed by atoms with Crippen LogP contribution < -0.4 is 4.74 Å². The molecule has 2 rings (SSSR count). The van der Waals surface area contributed by atoms with Gasteiger partial charge in [-0.2, -0.15) is 4.31 Å². The van der Waals surface area contributed by atoms with Crippen LogP contribution in [-0.2, 0) is 14.8 Å². The molecular formula is C14H16F3NO5S. The van der Waals surface area contributed by atoms with Crippen molar-refractivity contribution in [2.45, 2.75) is 24.6 Å². The van der Waals surface area contributed by atoms with E-state index in [1.54, 1.807) is 6.92 Å². The molecule has 1 aromatic carbocycles. The van der Waals surface area contributed by atoms with E-state index in [4.69, 9.17) is 5.11 Å². The van der Waals surface area contributed by atoms with Crippen LogP contribution in [-0.4, -0.2) is 43.3 Å². The number of carboxylic acid groups (broad SMARTS) is 1. The number of piperidine rings is 1. The second-order valence-corrected chi connectivity index (χ2v) is 7.66. The van der Waals surface area contributed by atoms with E-state index in [9.17, 15) is 26.4 Å². The van der Waals surface area contributed by atoms with Crippen molar-refractivity contribution in [3.8, 4) is 5.75 Å². The monoisotopic (exact) mass is 367 g/mol. The first-order chi connectivity index (χ1) is 11.0. The first-order valence-corrected chi connectivity index (χ1v) is 8.52. The van der Waals surface area contributed by atoms with Gasteiger partial charge in [-0.15, -0.1) is 13.2 Å². The van der Waals surface area contributed by atoms with Crippen molar-refractivity contribution in [3.63, 3.8) is 0 Å². The van der Waals surface area contributed by atoms with Gasteiger partial charge in [0.2, 0.25) is 10.0 Å². The van der Waals surface area contributed by atoms with Crippen LogP contribution in [0.2, 0.25) is 0 Å². The summed E-state index contributed by atoms with van der Waals surface area (Å²) in [6, 6.07) is 4.05. The first-order valence-electron chi connectivity index (χ1n) is 7.08. The van der Waals surface area contributed by atoms with Crippen LogP contribution in [0.4, 0.5) is 13.2 Å². The fourth-order valence-corrected chi connectivity index (χ4v) is 4.30. The Morgan fingerprint density at radius 1 is 1.33 bits per heavy atom. The summed E-state index contributed by atoms with van der Waals surface area (Å²) in [7, 11) is -4.12. The predicted octanol–water partition coefficient (Wildman–Crippen LogP) is 2.32. The lowest BCUT2D eigenvalue weighted by Crippen LogP contribution is -2.45. The lowest BCUT2D eigenvalue weighted by Gasteiger charge is -2.33. The molecule has 2 unspecified atom stereocenters. The molecular weight excluding hydrogens is 351 g/mol. The number of rotatable bonds is 4. The average Bonchev–Trinajstić information content (AvgIpc) is 2.45. The predicted molar refractivity (Wildman–Crippen MR) is 76.8 cm³/mol. The highest BCUT2D eigenvalue weighted by Crippen LogP contribution is 2.30. The maximum atomic E-state index is 12.6. The molecule has 0 spiro atoms. The minimum absolute atomic E-state index is 0.108. The highest BCUT2D eigenvalue weighted by atomic mass is 32.2. The number of carbonyl (C=O) groups is 1. The summed E-state index contributed by atoms with van der Waals surface area (Å²) in [4.78, 5) is 10.8. The number of nitrogens with zero attached hydrogens (tertiary/aromatic N) is 1. The average molecular weight is 367 g/mol. The Balaban J connectivity index is 2.29. The zero-order chi connectivity index (χ0) is 18.1. The van der Waals surface area contributed by atoms with Crippen molar-refractivity contribution in [1.29, 1.82) is 0 Å². The van der Waals surface area contributed by atoms with E-state index in [-0.39, 0.29) is 23.9 Å². The molecule has 0 aliphatic carbocycles. The molecule has 1 aromatic rings. The van der Waals surface area contributed by atoms with Crippen LogP contribution in [0.15, 0.2) is 29.2 Å². The summed E-state index contributed by atoms with van der Waals surface area (Å²) in [5.74, 6) is -2.78. The number of benzene rings is 1. The second kappa shape index (κ2) is 6.60. The molecule has 2 atom stereocenters. The molecule has 0 amide bonds. The molecule has 0 radical (unpaired) electrons. The molecule has 0 saturated carbocycles. The number of sulfonamides is 1. The van der Waals surface area contributed by atoms with Gasteiger partial charge in [0.05, 0.1) is 10.8 Å². The smallest absolute Gasteiger partial charge is 0.481 e. The quantitative estimate of drug-likeness (QED) is 0.883. The third-order valence-corrected chi connectivity index (χ3v) is 5.48. The number of aliphatic carboxylic acids is 1. The largest absolute Gasteiger partial charge is 0.573 e. The highest BCUT2D eigenvalue weighted by molar-refractivity contribution is 7.89. The van der Waals surface area contributed by atoms with E-state index in [1.807, 2.05) is 0 Å². The molecule has 1 aliphatic rings. The van der Waals surface area contributed by atoms with Gasteiger partial charge in [0.25, 0.3) is 0 Å². The van der Waals surface area contributed by atoms with Gasteiger partial charge < -0.3 is 9.84 Å². The zero-order valence-electron chi connectivity index (χ0n) is 12.7. The van der Waals surface area contributed by atoms with E-state index in [1.165, 1.54) is 0 Å². The summed E-state index contributed by atoms with van der Waals surface area (Å²) in [5.41, 5.74) is 0. The Bertz CT molecular complexity index is 719. The SMILES string of the molecule is CC1CC(C(=O)O)CN(S(=O)(=O)c2cccc(OC(F)(F)F)c2)C1. The standard InChI is InChI=1S/C14H16F3NO5S/c1-9-5-10(13(19)20)8-18(7-9)24(21,22)12-4-2-3-11(6-12)23-14(15,16)17/h2-4,6,9-10H,5,7-8H2,1H3,(H,19,20). The van der Waals surface area contributed by atoms with Gasteiger partial charge in [-0.25, -0.2) is 8.42 Å². The van der Waals surface area contributed by atoms with Gasteiger partial charge in [0.15, 0.2) is 0 Å². The molecule has 1 fully saturated rings. The third-order valence-electron chi connectivity index (χ3n) is 3.65. The van der Waals surface area contributed by atoms with Gasteiger partial charge in [0.1, 0.15) is 5.75 Å². The Hall–Kier alpha value is -1.81. The molecule has 10 heteroatoms. The lowest BCUT2D eigenvalue weighted by atomic mass is 9.92. The van der Waals surface area contributed by atoms with E-state index in [0.29, 0.717) is 6.42 Å². The molecule has 6 nitrogen and oxygen atoms in total. The van der Waals surface area contributed by atoms with Crippen molar-refractivity contribution in [2.24, 2.45) is 11.8 Å². The van der Waals surface area contributed by atoms with Crippen molar-refractivity contribution in [1.82, 2.24) is 4.31 Å².